The lowest BCUT2D eigenvalue weighted by atomic mass is 10.0. The molecule has 0 atom stereocenters. The second-order valence-electron chi connectivity index (χ2n) is 4.67. The van der Waals surface area contributed by atoms with Crippen molar-refractivity contribution in [2.24, 2.45) is 5.92 Å². The summed E-state index contributed by atoms with van der Waals surface area (Å²) in [5.74, 6) is 1.54. The van der Waals surface area contributed by atoms with Crippen molar-refractivity contribution >= 4 is 11.6 Å². The van der Waals surface area contributed by atoms with Crippen molar-refractivity contribution in [3.8, 4) is 11.4 Å². The summed E-state index contributed by atoms with van der Waals surface area (Å²) in [6.45, 7) is 3.36. The van der Waals surface area contributed by atoms with Crippen LogP contribution in [0, 0.1) is 12.8 Å². The molecule has 1 amide bonds. The van der Waals surface area contributed by atoms with Crippen LogP contribution in [-0.2, 0) is 4.79 Å². The first-order valence-corrected chi connectivity index (χ1v) is 6.23. The number of anilines is 1. The van der Waals surface area contributed by atoms with Crippen molar-refractivity contribution in [1.29, 1.82) is 0 Å². The van der Waals surface area contributed by atoms with E-state index in [0.717, 1.165) is 30.2 Å². The SMILES string of the molecule is Cc1nc(-c2cccc(NC(=O)C3CNC3)c2)n[nH]1. The van der Waals surface area contributed by atoms with Gasteiger partial charge in [-0.15, -0.1) is 0 Å². The number of H-pyrrole nitrogens is 1. The van der Waals surface area contributed by atoms with Crippen LogP contribution in [0.4, 0.5) is 5.69 Å². The van der Waals surface area contributed by atoms with Gasteiger partial charge in [0.05, 0.1) is 5.92 Å². The topological polar surface area (TPSA) is 82.7 Å². The number of amides is 1. The molecule has 1 aliphatic rings. The van der Waals surface area contributed by atoms with Crippen LogP contribution in [0.15, 0.2) is 24.3 Å². The number of benzene rings is 1. The van der Waals surface area contributed by atoms with E-state index in [1.54, 1.807) is 0 Å². The molecule has 3 N–H and O–H groups in total. The molecule has 0 spiro atoms. The maximum atomic E-state index is 11.9. The van der Waals surface area contributed by atoms with Gasteiger partial charge in [0.2, 0.25) is 5.91 Å². The Hall–Kier alpha value is -2.21. The summed E-state index contributed by atoms with van der Waals surface area (Å²) in [6, 6.07) is 7.55. The van der Waals surface area contributed by atoms with Crippen molar-refractivity contribution in [2.75, 3.05) is 18.4 Å². The van der Waals surface area contributed by atoms with E-state index >= 15 is 0 Å². The van der Waals surface area contributed by atoms with Crippen LogP contribution < -0.4 is 10.6 Å². The quantitative estimate of drug-likeness (QED) is 0.764. The first-order chi connectivity index (χ1) is 9.22. The smallest absolute Gasteiger partial charge is 0.230 e. The van der Waals surface area contributed by atoms with E-state index in [1.165, 1.54) is 0 Å². The van der Waals surface area contributed by atoms with Crippen LogP contribution in [-0.4, -0.2) is 34.2 Å². The minimum atomic E-state index is 0.0575. The minimum absolute atomic E-state index is 0.0575. The van der Waals surface area contributed by atoms with Crippen molar-refractivity contribution in [3.05, 3.63) is 30.1 Å². The first-order valence-electron chi connectivity index (χ1n) is 6.23. The van der Waals surface area contributed by atoms with Crippen LogP contribution in [0.25, 0.3) is 11.4 Å². The fourth-order valence-electron chi connectivity index (χ4n) is 1.93. The number of nitrogens with one attached hydrogen (secondary N) is 3. The van der Waals surface area contributed by atoms with E-state index in [9.17, 15) is 4.79 Å². The maximum Gasteiger partial charge on any atom is 0.230 e. The Bertz CT molecular complexity index is 603. The number of rotatable bonds is 3. The zero-order valence-corrected chi connectivity index (χ0v) is 10.6. The van der Waals surface area contributed by atoms with Gasteiger partial charge in [-0.25, -0.2) is 4.98 Å². The maximum absolute atomic E-state index is 11.9. The first kappa shape index (κ1) is 11.9. The van der Waals surface area contributed by atoms with E-state index in [1.807, 2.05) is 31.2 Å². The number of aromatic amines is 1. The standard InChI is InChI=1S/C13H15N5O/c1-8-15-12(18-17-8)9-3-2-4-11(5-9)16-13(19)10-6-14-7-10/h2-5,10,14H,6-7H2,1H3,(H,16,19)(H,15,17,18). The Morgan fingerprint density at radius 1 is 1.42 bits per heavy atom. The molecule has 1 aliphatic heterocycles. The molecule has 0 radical (unpaired) electrons. The third-order valence-electron chi connectivity index (χ3n) is 3.14. The number of aryl methyl sites for hydroxylation is 1. The fraction of sp³-hybridized carbons (Fsp3) is 0.308. The molecule has 0 aliphatic carbocycles. The van der Waals surface area contributed by atoms with Crippen LogP contribution in [0.5, 0.6) is 0 Å². The molecule has 1 fully saturated rings. The molecule has 98 valence electrons. The molecule has 2 heterocycles. The highest BCUT2D eigenvalue weighted by molar-refractivity contribution is 5.93. The largest absolute Gasteiger partial charge is 0.326 e. The molecule has 6 nitrogen and oxygen atoms in total. The summed E-state index contributed by atoms with van der Waals surface area (Å²) >= 11 is 0. The molecule has 1 aromatic carbocycles. The summed E-state index contributed by atoms with van der Waals surface area (Å²) in [5, 5.41) is 12.9. The van der Waals surface area contributed by atoms with Crippen LogP contribution in [0.1, 0.15) is 5.82 Å². The molecule has 0 bridgehead atoms. The van der Waals surface area contributed by atoms with E-state index in [2.05, 4.69) is 25.8 Å². The number of hydrogen-bond donors (Lipinski definition) is 3. The Kier molecular flexibility index (Phi) is 3.00. The van der Waals surface area contributed by atoms with Gasteiger partial charge < -0.3 is 10.6 Å². The average molecular weight is 257 g/mol. The Balaban J connectivity index is 1.77. The molecule has 1 saturated heterocycles. The number of carbonyl (C=O) groups excluding carboxylic acids is 1. The highest BCUT2D eigenvalue weighted by atomic mass is 16.2. The van der Waals surface area contributed by atoms with Crippen molar-refractivity contribution in [2.45, 2.75) is 6.92 Å². The monoisotopic (exact) mass is 257 g/mol. The van der Waals surface area contributed by atoms with Gasteiger partial charge in [-0.3, -0.25) is 9.89 Å². The van der Waals surface area contributed by atoms with E-state index < -0.39 is 0 Å². The number of nitrogens with zero attached hydrogens (tertiary/aromatic N) is 2. The molecule has 1 aromatic heterocycles. The second kappa shape index (κ2) is 4.81. The molecule has 0 unspecified atom stereocenters. The molecular weight excluding hydrogens is 242 g/mol. The third-order valence-corrected chi connectivity index (χ3v) is 3.14. The number of aromatic nitrogens is 3. The predicted octanol–water partition coefficient (Wildman–Crippen LogP) is 0.938. The second-order valence-corrected chi connectivity index (χ2v) is 4.67. The van der Waals surface area contributed by atoms with Crippen molar-refractivity contribution in [1.82, 2.24) is 20.5 Å². The fourth-order valence-corrected chi connectivity index (χ4v) is 1.93. The predicted molar refractivity (Wildman–Crippen MR) is 71.5 cm³/mol. The molecular formula is C13H15N5O. The average Bonchev–Trinajstić information content (AvgIpc) is 2.74. The summed E-state index contributed by atoms with van der Waals surface area (Å²) in [6.07, 6.45) is 0. The third kappa shape index (κ3) is 2.48. The highest BCUT2D eigenvalue weighted by Crippen LogP contribution is 2.20. The zero-order valence-electron chi connectivity index (χ0n) is 10.6. The number of carbonyl (C=O) groups is 1. The number of hydrogen-bond acceptors (Lipinski definition) is 4. The normalized spacial score (nSPS) is 15.0. The van der Waals surface area contributed by atoms with Gasteiger partial charge >= 0.3 is 0 Å². The van der Waals surface area contributed by atoms with Crippen LogP contribution >= 0.6 is 0 Å². The van der Waals surface area contributed by atoms with E-state index in [-0.39, 0.29) is 11.8 Å². The summed E-state index contributed by atoms with van der Waals surface area (Å²) < 4.78 is 0. The molecule has 19 heavy (non-hydrogen) atoms. The van der Waals surface area contributed by atoms with Gasteiger partial charge in [0.25, 0.3) is 0 Å². The molecule has 6 heteroatoms. The zero-order chi connectivity index (χ0) is 13.2. The van der Waals surface area contributed by atoms with E-state index in [0.29, 0.717) is 5.82 Å². The molecule has 2 aromatic rings. The lowest BCUT2D eigenvalue weighted by molar-refractivity contribution is -0.121. The van der Waals surface area contributed by atoms with Gasteiger partial charge in [-0.05, 0) is 19.1 Å². The van der Waals surface area contributed by atoms with Crippen LogP contribution in [0.3, 0.4) is 0 Å². The van der Waals surface area contributed by atoms with Crippen LogP contribution in [0.2, 0.25) is 0 Å². The molecule has 3 rings (SSSR count). The summed E-state index contributed by atoms with van der Waals surface area (Å²) in [7, 11) is 0. The van der Waals surface area contributed by atoms with Crippen molar-refractivity contribution < 1.29 is 4.79 Å². The van der Waals surface area contributed by atoms with Gasteiger partial charge in [0, 0.05) is 24.3 Å². The van der Waals surface area contributed by atoms with Gasteiger partial charge in [0.15, 0.2) is 5.82 Å². The van der Waals surface area contributed by atoms with Gasteiger partial charge in [0.1, 0.15) is 5.82 Å². The van der Waals surface area contributed by atoms with Gasteiger partial charge in [-0.1, -0.05) is 12.1 Å². The van der Waals surface area contributed by atoms with Gasteiger partial charge in [-0.2, -0.15) is 5.10 Å². The minimum Gasteiger partial charge on any atom is -0.326 e. The summed E-state index contributed by atoms with van der Waals surface area (Å²) in [5.41, 5.74) is 1.66. The Labute approximate surface area is 110 Å². The summed E-state index contributed by atoms with van der Waals surface area (Å²) in [4.78, 5) is 16.1. The van der Waals surface area contributed by atoms with Crippen molar-refractivity contribution in [3.63, 3.8) is 0 Å². The lowest BCUT2D eigenvalue weighted by Gasteiger charge is -2.25. The van der Waals surface area contributed by atoms with E-state index in [4.69, 9.17) is 0 Å². The Morgan fingerprint density at radius 2 is 2.26 bits per heavy atom. The highest BCUT2D eigenvalue weighted by Gasteiger charge is 2.24. The lowest BCUT2D eigenvalue weighted by Crippen LogP contribution is -2.48. The Morgan fingerprint density at radius 3 is 2.89 bits per heavy atom. The molecule has 0 saturated carbocycles.